The van der Waals surface area contributed by atoms with Crippen molar-refractivity contribution in [3.8, 4) is 0 Å². The van der Waals surface area contributed by atoms with Gasteiger partial charge in [0.1, 0.15) is 0 Å². The smallest absolute Gasteiger partial charge is 0.00924 e. The van der Waals surface area contributed by atoms with Gasteiger partial charge in [0.2, 0.25) is 0 Å². The first-order valence-corrected chi connectivity index (χ1v) is 8.92. The molecular formula is C18H36N2. The van der Waals surface area contributed by atoms with Crippen molar-refractivity contribution < 1.29 is 0 Å². The van der Waals surface area contributed by atoms with Gasteiger partial charge in [0.25, 0.3) is 0 Å². The van der Waals surface area contributed by atoms with Crippen molar-refractivity contribution in [1.82, 2.24) is 10.2 Å². The molecule has 0 spiro atoms. The summed E-state index contributed by atoms with van der Waals surface area (Å²) in [7, 11) is 2.37. The zero-order valence-electron chi connectivity index (χ0n) is 14.3. The molecule has 0 heterocycles. The highest BCUT2D eigenvalue weighted by atomic mass is 15.1. The predicted octanol–water partition coefficient (Wildman–Crippen LogP) is 3.91. The molecule has 0 aromatic heterocycles. The molecule has 20 heavy (non-hydrogen) atoms. The molecule has 0 aliphatic heterocycles. The molecule has 0 aromatic rings. The molecule has 2 rings (SSSR count). The van der Waals surface area contributed by atoms with Crippen LogP contribution in [0, 0.1) is 17.3 Å². The van der Waals surface area contributed by atoms with Crippen LogP contribution >= 0.6 is 0 Å². The lowest BCUT2D eigenvalue weighted by Gasteiger charge is -2.46. The number of nitrogens with zero attached hydrogens (tertiary/aromatic N) is 1. The minimum atomic E-state index is 0.539. The molecule has 2 aliphatic carbocycles. The second kappa shape index (κ2) is 7.26. The molecule has 118 valence electrons. The Labute approximate surface area is 126 Å². The normalized spacial score (nSPS) is 31.8. The Hall–Kier alpha value is -0.0800. The highest BCUT2D eigenvalue weighted by molar-refractivity contribution is 4.91. The quantitative estimate of drug-likeness (QED) is 0.760. The Bertz CT molecular complexity index is 285. The molecule has 0 saturated heterocycles. The number of nitrogens with one attached hydrogen (secondary N) is 1. The standard InChI is InChI=1S/C18H36N2/c1-15(2)12-19-13-18(10-6-7-16(3)11-18)14-20(4)17-8-5-9-17/h15-17,19H,5-14H2,1-4H3. The van der Waals surface area contributed by atoms with Gasteiger partial charge in [-0.25, -0.2) is 0 Å². The minimum Gasteiger partial charge on any atom is -0.316 e. The summed E-state index contributed by atoms with van der Waals surface area (Å²) in [5, 5.41) is 3.77. The summed E-state index contributed by atoms with van der Waals surface area (Å²) < 4.78 is 0. The maximum absolute atomic E-state index is 3.77. The van der Waals surface area contributed by atoms with E-state index < -0.39 is 0 Å². The van der Waals surface area contributed by atoms with E-state index in [1.54, 1.807) is 0 Å². The van der Waals surface area contributed by atoms with Crippen LogP contribution in [0.4, 0.5) is 0 Å². The topological polar surface area (TPSA) is 15.3 Å². The van der Waals surface area contributed by atoms with E-state index in [9.17, 15) is 0 Å². The monoisotopic (exact) mass is 280 g/mol. The summed E-state index contributed by atoms with van der Waals surface area (Å²) >= 11 is 0. The van der Waals surface area contributed by atoms with Crippen LogP contribution in [0.25, 0.3) is 0 Å². The fourth-order valence-electron chi connectivity index (χ4n) is 4.24. The first-order chi connectivity index (χ1) is 9.51. The molecule has 2 atom stereocenters. The van der Waals surface area contributed by atoms with Gasteiger partial charge in [0.05, 0.1) is 0 Å². The van der Waals surface area contributed by atoms with Crippen LogP contribution in [0.2, 0.25) is 0 Å². The van der Waals surface area contributed by atoms with E-state index >= 15 is 0 Å². The van der Waals surface area contributed by atoms with Crippen molar-refractivity contribution in [2.75, 3.05) is 26.7 Å². The first-order valence-electron chi connectivity index (χ1n) is 8.92. The van der Waals surface area contributed by atoms with E-state index in [1.807, 2.05) is 0 Å². The summed E-state index contributed by atoms with van der Waals surface area (Å²) in [5.74, 6) is 1.68. The first kappa shape index (κ1) is 16.3. The van der Waals surface area contributed by atoms with Crippen LogP contribution in [0.5, 0.6) is 0 Å². The van der Waals surface area contributed by atoms with Gasteiger partial charge < -0.3 is 10.2 Å². The fourth-order valence-corrected chi connectivity index (χ4v) is 4.24. The third-order valence-corrected chi connectivity index (χ3v) is 5.52. The van der Waals surface area contributed by atoms with Crippen LogP contribution < -0.4 is 5.32 Å². The van der Waals surface area contributed by atoms with Gasteiger partial charge in [-0.1, -0.05) is 40.0 Å². The van der Waals surface area contributed by atoms with Crippen molar-refractivity contribution in [3.05, 3.63) is 0 Å². The Morgan fingerprint density at radius 3 is 2.50 bits per heavy atom. The summed E-state index contributed by atoms with van der Waals surface area (Å²) in [4.78, 5) is 2.68. The Morgan fingerprint density at radius 1 is 1.20 bits per heavy atom. The zero-order chi connectivity index (χ0) is 14.6. The maximum Gasteiger partial charge on any atom is 0.00924 e. The van der Waals surface area contributed by atoms with Gasteiger partial charge in [-0.3, -0.25) is 0 Å². The average Bonchev–Trinajstić information content (AvgIpc) is 2.25. The second-order valence-corrected chi connectivity index (χ2v) is 8.23. The Morgan fingerprint density at radius 2 is 1.95 bits per heavy atom. The third-order valence-electron chi connectivity index (χ3n) is 5.52. The van der Waals surface area contributed by atoms with Gasteiger partial charge in [-0.15, -0.1) is 0 Å². The Kier molecular flexibility index (Phi) is 5.92. The highest BCUT2D eigenvalue weighted by Crippen LogP contribution is 2.40. The lowest BCUT2D eigenvalue weighted by Crippen LogP contribution is -2.50. The van der Waals surface area contributed by atoms with Gasteiger partial charge in [0, 0.05) is 19.1 Å². The third kappa shape index (κ3) is 4.46. The van der Waals surface area contributed by atoms with Crippen molar-refractivity contribution in [3.63, 3.8) is 0 Å². The SMILES string of the molecule is CC(C)CNCC1(CN(C)C2CCC2)CCCC(C)C1. The molecule has 1 N–H and O–H groups in total. The van der Waals surface area contributed by atoms with Crippen molar-refractivity contribution >= 4 is 0 Å². The van der Waals surface area contributed by atoms with Gasteiger partial charge in [-0.2, -0.15) is 0 Å². The average molecular weight is 280 g/mol. The molecule has 2 fully saturated rings. The molecule has 0 radical (unpaired) electrons. The van der Waals surface area contributed by atoms with E-state index in [1.165, 1.54) is 64.6 Å². The van der Waals surface area contributed by atoms with E-state index in [0.29, 0.717) is 5.41 Å². The van der Waals surface area contributed by atoms with Gasteiger partial charge in [-0.05, 0) is 56.5 Å². The fraction of sp³-hybridized carbons (Fsp3) is 1.00. The van der Waals surface area contributed by atoms with E-state index in [-0.39, 0.29) is 0 Å². The van der Waals surface area contributed by atoms with Gasteiger partial charge in [0.15, 0.2) is 0 Å². The van der Waals surface area contributed by atoms with Crippen LogP contribution in [0.15, 0.2) is 0 Å². The zero-order valence-corrected chi connectivity index (χ0v) is 14.3. The molecule has 2 nitrogen and oxygen atoms in total. The molecule has 0 aromatic carbocycles. The molecular weight excluding hydrogens is 244 g/mol. The summed E-state index contributed by atoms with van der Waals surface area (Å²) in [6.07, 6.45) is 10.0. The lowest BCUT2D eigenvalue weighted by atomic mass is 9.69. The molecule has 0 amide bonds. The van der Waals surface area contributed by atoms with E-state index in [0.717, 1.165) is 17.9 Å². The molecule has 2 saturated carbocycles. The summed E-state index contributed by atoms with van der Waals surface area (Å²) in [5.41, 5.74) is 0.539. The molecule has 2 heteroatoms. The molecule has 2 aliphatic rings. The number of hydrogen-bond donors (Lipinski definition) is 1. The van der Waals surface area contributed by atoms with Gasteiger partial charge >= 0.3 is 0 Å². The lowest BCUT2D eigenvalue weighted by molar-refractivity contribution is 0.0509. The van der Waals surface area contributed by atoms with Crippen molar-refractivity contribution in [2.24, 2.45) is 17.3 Å². The van der Waals surface area contributed by atoms with Crippen molar-refractivity contribution in [2.45, 2.75) is 71.8 Å². The van der Waals surface area contributed by atoms with E-state index in [4.69, 9.17) is 0 Å². The molecule has 0 bridgehead atoms. The van der Waals surface area contributed by atoms with Crippen LogP contribution in [0.1, 0.15) is 65.7 Å². The maximum atomic E-state index is 3.77. The minimum absolute atomic E-state index is 0.539. The number of rotatable bonds is 7. The second-order valence-electron chi connectivity index (χ2n) is 8.23. The van der Waals surface area contributed by atoms with E-state index in [2.05, 4.69) is 38.0 Å². The van der Waals surface area contributed by atoms with Crippen LogP contribution in [-0.2, 0) is 0 Å². The number of hydrogen-bond acceptors (Lipinski definition) is 2. The van der Waals surface area contributed by atoms with Crippen molar-refractivity contribution in [1.29, 1.82) is 0 Å². The van der Waals surface area contributed by atoms with Crippen LogP contribution in [0.3, 0.4) is 0 Å². The summed E-state index contributed by atoms with van der Waals surface area (Å²) in [6.45, 7) is 10.8. The van der Waals surface area contributed by atoms with Crippen LogP contribution in [-0.4, -0.2) is 37.6 Å². The molecule has 2 unspecified atom stereocenters. The highest BCUT2D eigenvalue weighted by Gasteiger charge is 2.37. The predicted molar refractivity (Wildman–Crippen MR) is 88.0 cm³/mol. The largest absolute Gasteiger partial charge is 0.316 e. The Balaban J connectivity index is 1.91. The summed E-state index contributed by atoms with van der Waals surface area (Å²) in [6, 6.07) is 0.884.